The molecule has 0 aliphatic heterocycles. The molecule has 6 heteroatoms. The Morgan fingerprint density at radius 1 is 1.32 bits per heavy atom. The fourth-order valence-corrected chi connectivity index (χ4v) is 2.75. The van der Waals surface area contributed by atoms with Crippen LogP contribution in [0.25, 0.3) is 0 Å². The summed E-state index contributed by atoms with van der Waals surface area (Å²) in [5.41, 5.74) is 0.825. The van der Waals surface area contributed by atoms with E-state index in [1.165, 1.54) is 23.5 Å². The molecule has 3 rings (SSSR count). The highest BCUT2D eigenvalue weighted by atomic mass is 32.1. The number of aromatic nitrogens is 1. The summed E-state index contributed by atoms with van der Waals surface area (Å²) in [4.78, 5) is 16.2. The molecule has 1 aromatic carbocycles. The van der Waals surface area contributed by atoms with E-state index in [4.69, 9.17) is 4.42 Å². The van der Waals surface area contributed by atoms with Crippen LogP contribution in [0.15, 0.2) is 58.7 Å². The Bertz CT molecular complexity index is 724. The van der Waals surface area contributed by atoms with Crippen molar-refractivity contribution in [3.63, 3.8) is 0 Å². The van der Waals surface area contributed by atoms with Crippen LogP contribution in [0.1, 0.15) is 23.7 Å². The topological polar surface area (TPSA) is 55.1 Å². The van der Waals surface area contributed by atoms with E-state index < -0.39 is 0 Å². The van der Waals surface area contributed by atoms with Gasteiger partial charge in [0.15, 0.2) is 5.13 Å². The second kappa shape index (κ2) is 6.53. The number of rotatable bonds is 5. The summed E-state index contributed by atoms with van der Waals surface area (Å²) in [5.74, 6) is -0.0775. The number of amides is 1. The standard InChI is InChI=1S/C16H13FN2O2S/c17-12-5-3-11(4-6-12)13(14-2-1-8-21-14)10-15(20)19-16-18-7-9-22-16/h1-9,13H,10H2,(H,18,19,20)/t13-/m1/s1. The zero-order valence-electron chi connectivity index (χ0n) is 11.5. The molecular formula is C16H13FN2O2S. The summed E-state index contributed by atoms with van der Waals surface area (Å²) >= 11 is 1.36. The summed E-state index contributed by atoms with van der Waals surface area (Å²) in [7, 11) is 0. The molecule has 0 spiro atoms. The van der Waals surface area contributed by atoms with Crippen molar-refractivity contribution in [3.8, 4) is 0 Å². The molecule has 0 aliphatic carbocycles. The van der Waals surface area contributed by atoms with Gasteiger partial charge in [-0.3, -0.25) is 4.79 Å². The third kappa shape index (κ3) is 3.40. The first-order chi connectivity index (χ1) is 10.7. The van der Waals surface area contributed by atoms with E-state index in [9.17, 15) is 9.18 Å². The van der Waals surface area contributed by atoms with Crippen LogP contribution in [0.3, 0.4) is 0 Å². The second-order valence-corrected chi connectivity index (χ2v) is 5.60. The normalized spacial score (nSPS) is 12.0. The van der Waals surface area contributed by atoms with Crippen LogP contribution in [0, 0.1) is 5.82 Å². The lowest BCUT2D eigenvalue weighted by molar-refractivity contribution is -0.116. The van der Waals surface area contributed by atoms with E-state index in [0.29, 0.717) is 10.9 Å². The van der Waals surface area contributed by atoms with E-state index in [1.54, 1.807) is 36.0 Å². The van der Waals surface area contributed by atoms with Crippen LogP contribution in [0.5, 0.6) is 0 Å². The molecule has 2 heterocycles. The molecule has 0 fully saturated rings. The van der Waals surface area contributed by atoms with Crippen LogP contribution < -0.4 is 5.32 Å². The first-order valence-corrected chi connectivity index (χ1v) is 7.58. The van der Waals surface area contributed by atoms with E-state index in [-0.39, 0.29) is 24.1 Å². The maximum atomic E-state index is 13.1. The number of nitrogens with zero attached hydrogens (tertiary/aromatic N) is 1. The van der Waals surface area contributed by atoms with Gasteiger partial charge >= 0.3 is 0 Å². The van der Waals surface area contributed by atoms with Gasteiger partial charge in [0.1, 0.15) is 11.6 Å². The summed E-state index contributed by atoms with van der Waals surface area (Å²) in [5, 5.41) is 5.10. The van der Waals surface area contributed by atoms with Gasteiger partial charge < -0.3 is 9.73 Å². The summed E-state index contributed by atoms with van der Waals surface area (Å²) in [6.45, 7) is 0. The number of carbonyl (C=O) groups excluding carboxylic acids is 1. The van der Waals surface area contributed by atoms with Crippen molar-refractivity contribution in [2.24, 2.45) is 0 Å². The zero-order chi connectivity index (χ0) is 15.4. The minimum absolute atomic E-state index is 0.166. The van der Waals surface area contributed by atoms with Crippen LogP contribution in [-0.4, -0.2) is 10.9 Å². The molecule has 112 valence electrons. The number of benzene rings is 1. The van der Waals surface area contributed by atoms with Gasteiger partial charge in [-0.15, -0.1) is 11.3 Å². The summed E-state index contributed by atoms with van der Waals surface area (Å²) < 4.78 is 18.5. The Labute approximate surface area is 130 Å². The van der Waals surface area contributed by atoms with Crippen molar-refractivity contribution in [1.82, 2.24) is 4.98 Å². The van der Waals surface area contributed by atoms with Crippen LogP contribution in [0.2, 0.25) is 0 Å². The molecule has 0 saturated carbocycles. The number of halogens is 1. The molecular weight excluding hydrogens is 303 g/mol. The van der Waals surface area contributed by atoms with Crippen molar-refractivity contribution >= 4 is 22.4 Å². The van der Waals surface area contributed by atoms with E-state index in [1.807, 2.05) is 6.07 Å². The molecule has 4 nitrogen and oxygen atoms in total. The fourth-order valence-electron chi connectivity index (χ4n) is 2.21. The molecule has 0 radical (unpaired) electrons. The highest BCUT2D eigenvalue weighted by Gasteiger charge is 2.21. The van der Waals surface area contributed by atoms with Crippen molar-refractivity contribution in [2.45, 2.75) is 12.3 Å². The average molecular weight is 316 g/mol. The monoisotopic (exact) mass is 316 g/mol. The number of nitrogens with one attached hydrogen (secondary N) is 1. The van der Waals surface area contributed by atoms with Gasteiger partial charge in [0.2, 0.25) is 5.91 Å². The molecule has 3 aromatic rings. The first-order valence-electron chi connectivity index (χ1n) is 6.70. The SMILES string of the molecule is O=C(C[C@H](c1ccc(F)cc1)c1ccco1)Nc1nccs1. The third-order valence-electron chi connectivity index (χ3n) is 3.23. The molecule has 0 bridgehead atoms. The van der Waals surface area contributed by atoms with Gasteiger partial charge in [-0.1, -0.05) is 12.1 Å². The average Bonchev–Trinajstić information content (AvgIpc) is 3.19. The van der Waals surface area contributed by atoms with Gasteiger partial charge in [0.05, 0.1) is 12.2 Å². The molecule has 0 unspecified atom stereocenters. The molecule has 1 amide bonds. The van der Waals surface area contributed by atoms with Gasteiger partial charge in [-0.2, -0.15) is 0 Å². The summed E-state index contributed by atoms with van der Waals surface area (Å²) in [6, 6.07) is 9.67. The Morgan fingerprint density at radius 3 is 2.77 bits per heavy atom. The highest BCUT2D eigenvalue weighted by molar-refractivity contribution is 7.13. The molecule has 0 saturated heterocycles. The number of hydrogen-bond acceptors (Lipinski definition) is 4. The van der Waals surface area contributed by atoms with Crippen molar-refractivity contribution in [2.75, 3.05) is 5.32 Å². The lowest BCUT2D eigenvalue weighted by Gasteiger charge is -2.14. The smallest absolute Gasteiger partial charge is 0.227 e. The number of carbonyl (C=O) groups is 1. The minimum Gasteiger partial charge on any atom is -0.469 e. The number of thiazole rings is 1. The molecule has 1 atom stereocenters. The second-order valence-electron chi connectivity index (χ2n) is 4.71. The first kappa shape index (κ1) is 14.5. The molecule has 0 aliphatic rings. The zero-order valence-corrected chi connectivity index (χ0v) is 12.3. The van der Waals surface area contributed by atoms with Crippen LogP contribution >= 0.6 is 11.3 Å². The van der Waals surface area contributed by atoms with Gasteiger partial charge in [0.25, 0.3) is 0 Å². The van der Waals surface area contributed by atoms with Gasteiger partial charge in [-0.05, 0) is 29.8 Å². The Morgan fingerprint density at radius 2 is 2.14 bits per heavy atom. The highest BCUT2D eigenvalue weighted by Crippen LogP contribution is 2.29. The maximum absolute atomic E-state index is 13.1. The van der Waals surface area contributed by atoms with Gasteiger partial charge in [0, 0.05) is 18.0 Å². The number of furan rings is 1. The Balaban J connectivity index is 1.80. The molecule has 2 aromatic heterocycles. The largest absolute Gasteiger partial charge is 0.469 e. The number of anilines is 1. The lowest BCUT2D eigenvalue weighted by Crippen LogP contribution is -2.16. The molecule has 1 N–H and O–H groups in total. The van der Waals surface area contributed by atoms with Crippen molar-refractivity contribution < 1.29 is 13.6 Å². The summed E-state index contributed by atoms with van der Waals surface area (Å²) in [6.07, 6.45) is 3.38. The fraction of sp³-hybridized carbons (Fsp3) is 0.125. The van der Waals surface area contributed by atoms with E-state index >= 15 is 0 Å². The van der Waals surface area contributed by atoms with Crippen molar-refractivity contribution in [1.29, 1.82) is 0 Å². The minimum atomic E-state index is -0.311. The van der Waals surface area contributed by atoms with Crippen LogP contribution in [-0.2, 0) is 4.79 Å². The van der Waals surface area contributed by atoms with E-state index in [0.717, 1.165) is 5.56 Å². The van der Waals surface area contributed by atoms with Crippen LogP contribution in [0.4, 0.5) is 9.52 Å². The predicted octanol–water partition coefficient (Wildman–Crippen LogP) is 4.04. The predicted molar refractivity (Wildman–Crippen MR) is 82.3 cm³/mol. The van der Waals surface area contributed by atoms with E-state index in [2.05, 4.69) is 10.3 Å². The quantitative estimate of drug-likeness (QED) is 0.773. The Hall–Kier alpha value is -2.47. The lowest BCUT2D eigenvalue weighted by atomic mass is 9.93. The van der Waals surface area contributed by atoms with Gasteiger partial charge in [-0.25, -0.2) is 9.37 Å². The maximum Gasteiger partial charge on any atom is 0.227 e. The van der Waals surface area contributed by atoms with Crippen molar-refractivity contribution in [3.05, 3.63) is 71.4 Å². The Kier molecular flexibility index (Phi) is 4.29. The number of hydrogen-bond donors (Lipinski definition) is 1. The molecule has 22 heavy (non-hydrogen) atoms. The third-order valence-corrected chi connectivity index (χ3v) is 3.92.